The lowest BCUT2D eigenvalue weighted by atomic mass is 10.1. The Balaban J connectivity index is 1.57. The van der Waals surface area contributed by atoms with E-state index >= 15 is 0 Å². The van der Waals surface area contributed by atoms with Crippen LogP contribution in [0.2, 0.25) is 0 Å². The van der Waals surface area contributed by atoms with Crippen LogP contribution in [0.15, 0.2) is 0 Å². The number of rotatable bonds is 3. The first-order valence-corrected chi connectivity index (χ1v) is 7.84. The van der Waals surface area contributed by atoms with E-state index in [1.807, 2.05) is 4.90 Å². The number of carbonyl (C=O) groups excluding carboxylic acids is 2. The second-order valence-electron chi connectivity index (χ2n) is 6.38. The molecule has 0 aromatic heterocycles. The van der Waals surface area contributed by atoms with Crippen molar-refractivity contribution in [1.82, 2.24) is 10.2 Å². The van der Waals surface area contributed by atoms with Crippen molar-refractivity contribution in [2.75, 3.05) is 6.54 Å². The maximum atomic E-state index is 12.1. The Morgan fingerprint density at radius 1 is 1.05 bits per heavy atom. The molecule has 0 aromatic carbocycles. The van der Waals surface area contributed by atoms with Crippen molar-refractivity contribution in [2.45, 2.75) is 69.9 Å². The van der Waals surface area contributed by atoms with Gasteiger partial charge in [0.25, 0.3) is 0 Å². The normalized spacial score (nSPS) is 29.4. The average Bonchev–Trinajstić information content (AvgIpc) is 3.16. The van der Waals surface area contributed by atoms with Crippen molar-refractivity contribution in [3.63, 3.8) is 0 Å². The van der Waals surface area contributed by atoms with Gasteiger partial charge in [-0.2, -0.15) is 0 Å². The Morgan fingerprint density at radius 2 is 1.74 bits per heavy atom. The molecular weight excluding hydrogens is 240 g/mol. The molecule has 2 saturated carbocycles. The molecule has 0 spiro atoms. The number of nitrogens with one attached hydrogen (secondary N) is 1. The average molecular weight is 264 g/mol. The van der Waals surface area contributed by atoms with Crippen LogP contribution in [0, 0.1) is 5.92 Å². The van der Waals surface area contributed by atoms with Gasteiger partial charge in [-0.05, 0) is 25.7 Å². The highest BCUT2D eigenvalue weighted by molar-refractivity contribution is 5.89. The zero-order valence-corrected chi connectivity index (χ0v) is 11.6. The summed E-state index contributed by atoms with van der Waals surface area (Å²) in [4.78, 5) is 26.2. The van der Waals surface area contributed by atoms with Gasteiger partial charge in [0.05, 0.1) is 5.92 Å². The maximum Gasteiger partial charge on any atom is 0.225 e. The van der Waals surface area contributed by atoms with Crippen LogP contribution in [-0.2, 0) is 9.59 Å². The fraction of sp³-hybridized carbons (Fsp3) is 0.867. The van der Waals surface area contributed by atoms with Crippen LogP contribution in [0.4, 0.5) is 0 Å². The number of amides is 2. The molecule has 106 valence electrons. The van der Waals surface area contributed by atoms with Crippen LogP contribution < -0.4 is 5.32 Å². The molecule has 3 aliphatic rings. The number of likely N-dealkylation sites (tertiary alicyclic amines) is 1. The zero-order chi connectivity index (χ0) is 13.2. The van der Waals surface area contributed by atoms with Gasteiger partial charge in [0.2, 0.25) is 11.8 Å². The molecule has 0 aromatic rings. The van der Waals surface area contributed by atoms with Gasteiger partial charge in [0, 0.05) is 25.0 Å². The minimum atomic E-state index is -0.101. The summed E-state index contributed by atoms with van der Waals surface area (Å²) in [6.07, 6.45) is 9.95. The van der Waals surface area contributed by atoms with Crippen LogP contribution >= 0.6 is 0 Å². The molecule has 0 radical (unpaired) electrons. The van der Waals surface area contributed by atoms with Crippen molar-refractivity contribution in [3.8, 4) is 0 Å². The lowest BCUT2D eigenvalue weighted by molar-refractivity contribution is -0.130. The standard InChI is InChI=1S/C15H24N2O2/c18-14-9-11(15(19)16-12-7-8-12)10-17(14)13-5-3-1-2-4-6-13/h11-13H,1-10H2,(H,16,19). The third kappa shape index (κ3) is 3.10. The molecular formula is C15H24N2O2. The Morgan fingerprint density at radius 3 is 2.37 bits per heavy atom. The summed E-state index contributed by atoms with van der Waals surface area (Å²) in [5.74, 6) is 0.200. The molecule has 3 rings (SSSR count). The van der Waals surface area contributed by atoms with Crippen molar-refractivity contribution in [1.29, 1.82) is 0 Å². The fourth-order valence-electron chi connectivity index (χ4n) is 3.38. The zero-order valence-electron chi connectivity index (χ0n) is 11.6. The van der Waals surface area contributed by atoms with Crippen LogP contribution in [0.1, 0.15) is 57.8 Å². The second-order valence-corrected chi connectivity index (χ2v) is 6.38. The van der Waals surface area contributed by atoms with E-state index < -0.39 is 0 Å². The van der Waals surface area contributed by atoms with Gasteiger partial charge in [0.1, 0.15) is 0 Å². The summed E-state index contributed by atoms with van der Waals surface area (Å²) < 4.78 is 0. The predicted molar refractivity (Wildman–Crippen MR) is 72.5 cm³/mol. The van der Waals surface area contributed by atoms with Gasteiger partial charge < -0.3 is 10.2 Å². The minimum absolute atomic E-state index is 0.101. The molecule has 2 amide bonds. The summed E-state index contributed by atoms with van der Waals surface area (Å²) in [7, 11) is 0. The van der Waals surface area contributed by atoms with Crippen molar-refractivity contribution in [3.05, 3.63) is 0 Å². The van der Waals surface area contributed by atoms with Gasteiger partial charge in [-0.1, -0.05) is 25.7 Å². The molecule has 2 aliphatic carbocycles. The molecule has 1 heterocycles. The topological polar surface area (TPSA) is 49.4 Å². The lowest BCUT2D eigenvalue weighted by Crippen LogP contribution is -2.38. The van der Waals surface area contributed by atoms with E-state index in [0.717, 1.165) is 25.7 Å². The lowest BCUT2D eigenvalue weighted by Gasteiger charge is -2.27. The first-order valence-electron chi connectivity index (χ1n) is 7.84. The predicted octanol–water partition coefficient (Wildman–Crippen LogP) is 1.84. The van der Waals surface area contributed by atoms with E-state index in [2.05, 4.69) is 5.32 Å². The van der Waals surface area contributed by atoms with E-state index in [9.17, 15) is 9.59 Å². The number of hydrogen-bond acceptors (Lipinski definition) is 2. The van der Waals surface area contributed by atoms with Crippen molar-refractivity contribution in [2.24, 2.45) is 5.92 Å². The van der Waals surface area contributed by atoms with Gasteiger partial charge in [0.15, 0.2) is 0 Å². The summed E-state index contributed by atoms with van der Waals surface area (Å²) in [6, 6.07) is 0.795. The van der Waals surface area contributed by atoms with Crippen LogP contribution in [0.3, 0.4) is 0 Å². The fourth-order valence-corrected chi connectivity index (χ4v) is 3.38. The Labute approximate surface area is 114 Å². The second kappa shape index (κ2) is 5.51. The molecule has 4 nitrogen and oxygen atoms in total. The van der Waals surface area contributed by atoms with Crippen molar-refractivity contribution >= 4 is 11.8 Å². The Kier molecular flexibility index (Phi) is 3.76. The summed E-state index contributed by atoms with van der Waals surface area (Å²) in [5.41, 5.74) is 0. The summed E-state index contributed by atoms with van der Waals surface area (Å²) >= 11 is 0. The largest absolute Gasteiger partial charge is 0.353 e. The van der Waals surface area contributed by atoms with E-state index in [-0.39, 0.29) is 17.7 Å². The first kappa shape index (κ1) is 12.9. The van der Waals surface area contributed by atoms with E-state index in [4.69, 9.17) is 0 Å². The molecule has 1 aliphatic heterocycles. The van der Waals surface area contributed by atoms with Gasteiger partial charge in [-0.3, -0.25) is 9.59 Å². The first-order chi connectivity index (χ1) is 9.24. The van der Waals surface area contributed by atoms with Crippen molar-refractivity contribution < 1.29 is 9.59 Å². The quantitative estimate of drug-likeness (QED) is 0.791. The monoisotopic (exact) mass is 264 g/mol. The summed E-state index contributed by atoms with van der Waals surface area (Å²) in [6.45, 7) is 0.655. The Hall–Kier alpha value is -1.06. The smallest absolute Gasteiger partial charge is 0.225 e. The van der Waals surface area contributed by atoms with E-state index in [1.54, 1.807) is 0 Å². The molecule has 1 N–H and O–H groups in total. The van der Waals surface area contributed by atoms with E-state index in [1.165, 1.54) is 25.7 Å². The Bertz CT molecular complexity index is 357. The van der Waals surface area contributed by atoms with Gasteiger partial charge >= 0.3 is 0 Å². The minimum Gasteiger partial charge on any atom is -0.353 e. The molecule has 3 fully saturated rings. The number of carbonyl (C=O) groups is 2. The van der Waals surface area contributed by atoms with Crippen LogP contribution in [0.5, 0.6) is 0 Å². The molecule has 1 atom stereocenters. The molecule has 1 unspecified atom stereocenters. The third-order valence-corrected chi connectivity index (χ3v) is 4.72. The maximum absolute atomic E-state index is 12.1. The van der Waals surface area contributed by atoms with Crippen LogP contribution in [0.25, 0.3) is 0 Å². The van der Waals surface area contributed by atoms with E-state index in [0.29, 0.717) is 25.0 Å². The molecule has 0 bridgehead atoms. The van der Waals surface area contributed by atoms with Gasteiger partial charge in [-0.25, -0.2) is 0 Å². The molecule has 19 heavy (non-hydrogen) atoms. The SMILES string of the molecule is O=C(NC1CC1)C1CC(=O)N(C2CCCCCC2)C1. The third-order valence-electron chi connectivity index (χ3n) is 4.72. The highest BCUT2D eigenvalue weighted by Crippen LogP contribution is 2.29. The van der Waals surface area contributed by atoms with Crippen LogP contribution in [-0.4, -0.2) is 35.3 Å². The number of hydrogen-bond donors (Lipinski definition) is 1. The highest BCUT2D eigenvalue weighted by Gasteiger charge is 2.39. The van der Waals surface area contributed by atoms with Gasteiger partial charge in [-0.15, -0.1) is 0 Å². The molecule has 4 heteroatoms. The summed E-state index contributed by atoms with van der Waals surface area (Å²) in [5, 5.41) is 3.03. The molecule has 1 saturated heterocycles. The number of nitrogens with zero attached hydrogens (tertiary/aromatic N) is 1. The highest BCUT2D eigenvalue weighted by atomic mass is 16.2.